The van der Waals surface area contributed by atoms with E-state index in [0.29, 0.717) is 0 Å². The van der Waals surface area contributed by atoms with Crippen molar-refractivity contribution < 1.29 is 14.3 Å². The highest BCUT2D eigenvalue weighted by atomic mass is 16.5. The average Bonchev–Trinajstić information content (AvgIpc) is 2.79. The van der Waals surface area contributed by atoms with Crippen molar-refractivity contribution in [1.29, 1.82) is 0 Å². The summed E-state index contributed by atoms with van der Waals surface area (Å²) in [7, 11) is 3.37. The van der Waals surface area contributed by atoms with Gasteiger partial charge in [-0.15, -0.1) is 0 Å². The third-order valence-electron chi connectivity index (χ3n) is 5.87. The summed E-state index contributed by atoms with van der Waals surface area (Å²) in [6.45, 7) is 8.37. The van der Waals surface area contributed by atoms with Crippen LogP contribution in [0, 0.1) is 0 Å². The molecule has 2 atom stereocenters. The largest absolute Gasteiger partial charge is 0.497 e. The van der Waals surface area contributed by atoms with Gasteiger partial charge in [-0.1, -0.05) is 30.3 Å². The maximum Gasteiger partial charge on any atom is 0.237 e. The van der Waals surface area contributed by atoms with Crippen molar-refractivity contribution in [3.8, 4) is 11.5 Å². The van der Waals surface area contributed by atoms with Crippen LogP contribution < -0.4 is 14.8 Å². The molecule has 2 aromatic carbocycles. The minimum absolute atomic E-state index is 0.00275. The van der Waals surface area contributed by atoms with Gasteiger partial charge in [-0.05, 0) is 37.6 Å². The number of methoxy groups -OCH3 is 2. The fourth-order valence-corrected chi connectivity index (χ4v) is 3.88. The molecule has 0 bridgehead atoms. The molecular weight excluding hydrogens is 378 g/mol. The standard InChI is InChI=1S/C24H33N3O3/c1-18(20-8-6-5-7-9-20)25-24(28)19(2)27-14-12-26(13-15-27)17-21-16-22(29-3)10-11-23(21)30-4/h5-11,16,18-19H,12-15,17H2,1-4H3,(H,25,28). The molecular formula is C24H33N3O3. The van der Waals surface area contributed by atoms with Gasteiger partial charge in [0.25, 0.3) is 0 Å². The van der Waals surface area contributed by atoms with Gasteiger partial charge in [-0.25, -0.2) is 0 Å². The van der Waals surface area contributed by atoms with Gasteiger partial charge < -0.3 is 14.8 Å². The van der Waals surface area contributed by atoms with E-state index >= 15 is 0 Å². The van der Waals surface area contributed by atoms with Gasteiger partial charge in [0.15, 0.2) is 0 Å². The Labute approximate surface area is 179 Å². The van der Waals surface area contributed by atoms with Crippen molar-refractivity contribution in [2.24, 2.45) is 0 Å². The van der Waals surface area contributed by atoms with Crippen LogP contribution in [0.1, 0.15) is 31.0 Å². The monoisotopic (exact) mass is 411 g/mol. The molecule has 1 amide bonds. The highest BCUT2D eigenvalue weighted by Crippen LogP contribution is 2.25. The molecule has 0 spiro atoms. The topological polar surface area (TPSA) is 54.0 Å². The molecule has 0 radical (unpaired) electrons. The molecule has 1 aliphatic heterocycles. The van der Waals surface area contributed by atoms with Crippen molar-refractivity contribution in [2.45, 2.75) is 32.5 Å². The lowest BCUT2D eigenvalue weighted by atomic mass is 10.1. The number of carbonyl (C=O) groups is 1. The number of hydrogen-bond donors (Lipinski definition) is 1. The van der Waals surface area contributed by atoms with E-state index in [2.05, 4.69) is 15.1 Å². The van der Waals surface area contributed by atoms with E-state index in [1.165, 1.54) is 0 Å². The first-order chi connectivity index (χ1) is 14.5. The highest BCUT2D eigenvalue weighted by molar-refractivity contribution is 5.81. The third kappa shape index (κ3) is 5.52. The molecule has 1 fully saturated rings. The summed E-state index contributed by atoms with van der Waals surface area (Å²) >= 11 is 0. The molecule has 2 unspecified atom stereocenters. The van der Waals surface area contributed by atoms with Crippen molar-refractivity contribution in [2.75, 3.05) is 40.4 Å². The number of nitrogens with one attached hydrogen (secondary N) is 1. The molecule has 30 heavy (non-hydrogen) atoms. The van der Waals surface area contributed by atoms with Gasteiger partial charge in [-0.2, -0.15) is 0 Å². The summed E-state index contributed by atoms with van der Waals surface area (Å²) in [6, 6.07) is 15.8. The van der Waals surface area contributed by atoms with Crippen molar-refractivity contribution >= 4 is 5.91 Å². The number of amides is 1. The van der Waals surface area contributed by atoms with Crippen LogP contribution in [-0.2, 0) is 11.3 Å². The molecule has 6 heteroatoms. The summed E-state index contributed by atoms with van der Waals surface area (Å²) in [5, 5.41) is 3.15. The Morgan fingerprint density at radius 3 is 2.33 bits per heavy atom. The van der Waals surface area contributed by atoms with Crippen LogP contribution in [0.4, 0.5) is 0 Å². The fourth-order valence-electron chi connectivity index (χ4n) is 3.88. The summed E-state index contributed by atoms with van der Waals surface area (Å²) in [6.07, 6.45) is 0. The first kappa shape index (κ1) is 22.1. The molecule has 6 nitrogen and oxygen atoms in total. The molecule has 3 rings (SSSR count). The highest BCUT2D eigenvalue weighted by Gasteiger charge is 2.26. The number of carbonyl (C=O) groups excluding carboxylic acids is 1. The zero-order valence-corrected chi connectivity index (χ0v) is 18.4. The van der Waals surface area contributed by atoms with E-state index in [-0.39, 0.29) is 18.0 Å². The van der Waals surface area contributed by atoms with E-state index in [1.807, 2.05) is 62.4 Å². The van der Waals surface area contributed by atoms with E-state index in [4.69, 9.17) is 9.47 Å². The van der Waals surface area contributed by atoms with E-state index < -0.39 is 0 Å². The number of hydrogen-bond acceptors (Lipinski definition) is 5. The summed E-state index contributed by atoms with van der Waals surface area (Å²) in [5.74, 6) is 1.79. The Balaban J connectivity index is 1.52. The van der Waals surface area contributed by atoms with Crippen LogP contribution in [0.15, 0.2) is 48.5 Å². The summed E-state index contributed by atoms with van der Waals surface area (Å²) in [4.78, 5) is 17.4. The number of rotatable bonds is 8. The Morgan fingerprint density at radius 2 is 1.70 bits per heavy atom. The smallest absolute Gasteiger partial charge is 0.237 e. The molecule has 1 saturated heterocycles. The van der Waals surface area contributed by atoms with Crippen molar-refractivity contribution in [3.05, 3.63) is 59.7 Å². The van der Waals surface area contributed by atoms with Crippen LogP contribution in [0.2, 0.25) is 0 Å². The minimum Gasteiger partial charge on any atom is -0.497 e. The second-order valence-electron chi connectivity index (χ2n) is 7.81. The zero-order chi connectivity index (χ0) is 21.5. The van der Waals surface area contributed by atoms with Crippen LogP contribution in [0.3, 0.4) is 0 Å². The van der Waals surface area contributed by atoms with Gasteiger partial charge in [0.05, 0.1) is 26.3 Å². The molecule has 0 saturated carbocycles. The maximum absolute atomic E-state index is 12.8. The van der Waals surface area contributed by atoms with Gasteiger partial charge >= 0.3 is 0 Å². The summed E-state index contributed by atoms with van der Waals surface area (Å²) < 4.78 is 10.9. The number of nitrogens with zero attached hydrogens (tertiary/aromatic N) is 2. The van der Waals surface area contributed by atoms with Crippen LogP contribution >= 0.6 is 0 Å². The van der Waals surface area contributed by atoms with Gasteiger partial charge in [0.2, 0.25) is 5.91 Å². The quantitative estimate of drug-likeness (QED) is 0.724. The normalized spacial score (nSPS) is 17.2. The minimum atomic E-state index is -0.148. The summed E-state index contributed by atoms with van der Waals surface area (Å²) in [5.41, 5.74) is 2.24. The first-order valence-corrected chi connectivity index (χ1v) is 10.5. The van der Waals surface area contributed by atoms with Crippen LogP contribution in [0.25, 0.3) is 0 Å². The third-order valence-corrected chi connectivity index (χ3v) is 5.87. The van der Waals surface area contributed by atoms with Gasteiger partial charge in [-0.3, -0.25) is 14.6 Å². The number of ether oxygens (including phenoxy) is 2. The molecule has 2 aromatic rings. The van der Waals surface area contributed by atoms with Gasteiger partial charge in [0, 0.05) is 38.3 Å². The second-order valence-corrected chi connectivity index (χ2v) is 7.81. The Bertz CT molecular complexity index is 820. The molecule has 1 aliphatic rings. The predicted octanol–water partition coefficient (Wildman–Crippen LogP) is 3.09. The number of benzene rings is 2. The molecule has 0 aliphatic carbocycles. The molecule has 0 aromatic heterocycles. The molecule has 1 N–H and O–H groups in total. The first-order valence-electron chi connectivity index (χ1n) is 10.5. The molecule has 1 heterocycles. The molecule has 162 valence electrons. The van der Waals surface area contributed by atoms with E-state index in [9.17, 15) is 4.79 Å². The fraction of sp³-hybridized carbons (Fsp3) is 0.458. The lowest BCUT2D eigenvalue weighted by Crippen LogP contribution is -2.53. The SMILES string of the molecule is COc1ccc(OC)c(CN2CCN(C(C)C(=O)NC(C)c3ccccc3)CC2)c1. The lowest BCUT2D eigenvalue weighted by Gasteiger charge is -2.37. The van der Waals surface area contributed by atoms with Crippen molar-refractivity contribution in [1.82, 2.24) is 15.1 Å². The van der Waals surface area contributed by atoms with Crippen LogP contribution in [0.5, 0.6) is 11.5 Å². The second kappa shape index (κ2) is 10.5. The van der Waals surface area contributed by atoms with Gasteiger partial charge in [0.1, 0.15) is 11.5 Å². The maximum atomic E-state index is 12.8. The lowest BCUT2D eigenvalue weighted by molar-refractivity contribution is -0.127. The van der Waals surface area contributed by atoms with E-state index in [1.54, 1.807) is 14.2 Å². The Kier molecular flexibility index (Phi) is 7.71. The van der Waals surface area contributed by atoms with E-state index in [0.717, 1.165) is 55.3 Å². The Hall–Kier alpha value is -2.57. The number of piperazine rings is 1. The Morgan fingerprint density at radius 1 is 1.00 bits per heavy atom. The van der Waals surface area contributed by atoms with Crippen molar-refractivity contribution in [3.63, 3.8) is 0 Å². The predicted molar refractivity (Wildman–Crippen MR) is 119 cm³/mol. The average molecular weight is 412 g/mol. The van der Waals surface area contributed by atoms with Crippen LogP contribution in [-0.4, -0.2) is 62.1 Å². The zero-order valence-electron chi connectivity index (χ0n) is 18.4.